The molecular formula is C30H32N2O5. The molecule has 2 heterocycles. The van der Waals surface area contributed by atoms with Gasteiger partial charge >= 0.3 is 5.97 Å². The van der Waals surface area contributed by atoms with E-state index in [4.69, 9.17) is 24.4 Å². The zero-order valence-electron chi connectivity index (χ0n) is 21.1. The van der Waals surface area contributed by atoms with Crippen LogP contribution in [-0.4, -0.2) is 38.9 Å². The van der Waals surface area contributed by atoms with E-state index in [-0.39, 0.29) is 12.4 Å². The summed E-state index contributed by atoms with van der Waals surface area (Å²) in [6.45, 7) is 5.92. The molecule has 0 amide bonds. The fraction of sp³-hybridized carbons (Fsp3) is 0.300. The minimum Gasteiger partial charge on any atom is -0.488 e. The molecule has 1 aromatic heterocycles. The Morgan fingerprint density at radius 3 is 2.65 bits per heavy atom. The molecule has 5 rings (SSSR count). The van der Waals surface area contributed by atoms with Gasteiger partial charge in [0.25, 0.3) is 0 Å². The number of hydrogen-bond acceptors (Lipinski definition) is 7. The smallest absolute Gasteiger partial charge is 0.310 e. The molecule has 1 fully saturated rings. The lowest BCUT2D eigenvalue weighted by atomic mass is 9.99. The van der Waals surface area contributed by atoms with Crippen LogP contribution in [0.15, 0.2) is 71.3 Å². The summed E-state index contributed by atoms with van der Waals surface area (Å²) in [6.07, 6.45) is 1.93. The average Bonchev–Trinajstić information content (AvgIpc) is 3.35. The maximum Gasteiger partial charge on any atom is 0.310 e. The third-order valence-corrected chi connectivity index (χ3v) is 6.58. The van der Waals surface area contributed by atoms with E-state index in [1.54, 1.807) is 13.2 Å². The number of morpholine rings is 1. The second-order valence-corrected chi connectivity index (χ2v) is 9.02. The first-order valence-corrected chi connectivity index (χ1v) is 12.7. The van der Waals surface area contributed by atoms with E-state index >= 15 is 0 Å². The zero-order chi connectivity index (χ0) is 25.6. The Hall–Kier alpha value is -3.81. The molecule has 0 bridgehead atoms. The topological polar surface area (TPSA) is 87.2 Å². The first-order valence-electron chi connectivity index (χ1n) is 12.7. The second-order valence-electron chi connectivity index (χ2n) is 9.02. The van der Waals surface area contributed by atoms with Crippen LogP contribution in [0.25, 0.3) is 22.1 Å². The van der Waals surface area contributed by atoms with Crippen LogP contribution < -0.4 is 15.4 Å². The normalized spacial score (nSPS) is 13.6. The van der Waals surface area contributed by atoms with Gasteiger partial charge in [0.15, 0.2) is 5.58 Å². The first kappa shape index (κ1) is 24.9. The Bertz CT molecular complexity index is 1370. The van der Waals surface area contributed by atoms with Gasteiger partial charge in [-0.25, -0.2) is 0 Å². The van der Waals surface area contributed by atoms with Crippen LogP contribution in [0, 0.1) is 0 Å². The number of esters is 1. The molecule has 1 saturated heterocycles. The average molecular weight is 501 g/mol. The number of anilines is 1. The number of carbonyl (C=O) groups is 1. The summed E-state index contributed by atoms with van der Waals surface area (Å²) in [6, 6.07) is 20.2. The fourth-order valence-corrected chi connectivity index (χ4v) is 4.68. The van der Waals surface area contributed by atoms with Gasteiger partial charge in [-0.05, 0) is 47.9 Å². The zero-order valence-corrected chi connectivity index (χ0v) is 21.1. The molecule has 0 aliphatic carbocycles. The van der Waals surface area contributed by atoms with Crippen molar-refractivity contribution in [2.45, 2.75) is 26.5 Å². The third-order valence-electron chi connectivity index (χ3n) is 6.58. The van der Waals surface area contributed by atoms with Crippen LogP contribution in [0.2, 0.25) is 0 Å². The molecule has 2 N–H and O–H groups in total. The number of fused-ring (bicyclic) bond motifs is 1. The lowest BCUT2D eigenvalue weighted by Gasteiger charge is -2.29. The van der Waals surface area contributed by atoms with Crippen LogP contribution in [0.3, 0.4) is 0 Å². The summed E-state index contributed by atoms with van der Waals surface area (Å²) < 4.78 is 23.1. The van der Waals surface area contributed by atoms with Crippen LogP contribution in [0.4, 0.5) is 5.69 Å². The highest BCUT2D eigenvalue weighted by molar-refractivity contribution is 5.96. The predicted octanol–water partition coefficient (Wildman–Crippen LogP) is 5.08. The molecule has 3 aromatic carbocycles. The standard InChI is InChI=1S/C30H32N2O5/c1-2-35-29(33)17-23-7-3-4-9-28(23)36-19-25-20-37-30-26(25)15-24(22-8-5-6-21(14-22)18-31)16-27(30)32-10-12-34-13-11-32/h3-9,14-16,20H,2,10-13,17-19,31H2,1H3. The minimum absolute atomic E-state index is 0.166. The van der Waals surface area contributed by atoms with Gasteiger partial charge < -0.3 is 29.3 Å². The van der Waals surface area contributed by atoms with Gasteiger partial charge in [0.2, 0.25) is 0 Å². The maximum absolute atomic E-state index is 12.1. The van der Waals surface area contributed by atoms with E-state index in [1.807, 2.05) is 36.4 Å². The SMILES string of the molecule is CCOC(=O)Cc1ccccc1OCc1coc2c(N3CCOCC3)cc(-c3cccc(CN)c3)cc12. The summed E-state index contributed by atoms with van der Waals surface area (Å²) in [4.78, 5) is 14.4. The van der Waals surface area contributed by atoms with Gasteiger partial charge in [0.1, 0.15) is 12.4 Å². The van der Waals surface area contributed by atoms with Crippen molar-refractivity contribution in [3.63, 3.8) is 0 Å². The van der Waals surface area contributed by atoms with Crippen LogP contribution in [-0.2, 0) is 33.8 Å². The predicted molar refractivity (Wildman–Crippen MR) is 144 cm³/mol. The van der Waals surface area contributed by atoms with E-state index in [0.29, 0.717) is 38.7 Å². The summed E-state index contributed by atoms with van der Waals surface area (Å²) in [5, 5.41) is 1.00. The van der Waals surface area contributed by atoms with Gasteiger partial charge in [0, 0.05) is 36.1 Å². The highest BCUT2D eigenvalue weighted by Gasteiger charge is 2.20. The molecule has 1 aliphatic rings. The van der Waals surface area contributed by atoms with Gasteiger partial charge in [-0.3, -0.25) is 4.79 Å². The van der Waals surface area contributed by atoms with Crippen LogP contribution in [0.5, 0.6) is 5.75 Å². The number of ether oxygens (including phenoxy) is 3. The van der Waals surface area contributed by atoms with Gasteiger partial charge in [-0.15, -0.1) is 0 Å². The molecule has 192 valence electrons. The molecule has 0 saturated carbocycles. The maximum atomic E-state index is 12.1. The quantitative estimate of drug-likeness (QED) is 0.321. The van der Waals surface area contributed by atoms with Gasteiger partial charge in [0.05, 0.1) is 38.2 Å². The lowest BCUT2D eigenvalue weighted by Crippen LogP contribution is -2.36. The van der Waals surface area contributed by atoms with E-state index < -0.39 is 0 Å². The van der Waals surface area contributed by atoms with Crippen molar-refractivity contribution in [2.24, 2.45) is 5.73 Å². The Kier molecular flexibility index (Phi) is 7.73. The first-order chi connectivity index (χ1) is 18.2. The number of carbonyl (C=O) groups excluding carboxylic acids is 1. The molecule has 7 heteroatoms. The van der Waals surface area contributed by atoms with Crippen molar-refractivity contribution in [1.82, 2.24) is 0 Å². The van der Waals surface area contributed by atoms with Crippen molar-refractivity contribution in [3.05, 3.63) is 83.6 Å². The van der Waals surface area contributed by atoms with E-state index in [0.717, 1.165) is 57.6 Å². The number of benzene rings is 3. The highest BCUT2D eigenvalue weighted by Crippen LogP contribution is 2.37. The molecular weight excluding hydrogens is 468 g/mol. The molecule has 0 radical (unpaired) electrons. The fourth-order valence-electron chi connectivity index (χ4n) is 4.68. The summed E-state index contributed by atoms with van der Waals surface area (Å²) in [5.41, 5.74) is 12.8. The molecule has 0 atom stereocenters. The van der Waals surface area contributed by atoms with Crippen molar-refractivity contribution >= 4 is 22.6 Å². The Morgan fingerprint density at radius 2 is 1.84 bits per heavy atom. The molecule has 7 nitrogen and oxygen atoms in total. The van der Waals surface area contributed by atoms with E-state index in [1.165, 1.54) is 0 Å². The summed E-state index contributed by atoms with van der Waals surface area (Å²) in [5.74, 6) is 0.386. The van der Waals surface area contributed by atoms with Crippen LogP contribution >= 0.6 is 0 Å². The lowest BCUT2D eigenvalue weighted by molar-refractivity contribution is -0.142. The number of nitrogens with two attached hydrogens (primary N) is 1. The van der Waals surface area contributed by atoms with Crippen molar-refractivity contribution in [3.8, 4) is 16.9 Å². The number of para-hydroxylation sites is 1. The Labute approximate surface area is 216 Å². The molecule has 37 heavy (non-hydrogen) atoms. The Balaban J connectivity index is 1.49. The minimum atomic E-state index is -0.271. The van der Waals surface area contributed by atoms with E-state index in [9.17, 15) is 4.79 Å². The van der Waals surface area contributed by atoms with Crippen molar-refractivity contribution < 1.29 is 23.4 Å². The van der Waals surface area contributed by atoms with Gasteiger partial charge in [-0.2, -0.15) is 0 Å². The monoisotopic (exact) mass is 500 g/mol. The number of rotatable bonds is 9. The van der Waals surface area contributed by atoms with Crippen LogP contribution in [0.1, 0.15) is 23.6 Å². The van der Waals surface area contributed by atoms with E-state index in [2.05, 4.69) is 29.2 Å². The summed E-state index contributed by atoms with van der Waals surface area (Å²) in [7, 11) is 0. The molecule has 4 aromatic rings. The molecule has 0 unspecified atom stereocenters. The van der Waals surface area contributed by atoms with Crippen molar-refractivity contribution in [1.29, 1.82) is 0 Å². The molecule has 1 aliphatic heterocycles. The largest absolute Gasteiger partial charge is 0.488 e. The third kappa shape index (κ3) is 5.63. The Morgan fingerprint density at radius 1 is 1.00 bits per heavy atom. The number of hydrogen-bond donors (Lipinski definition) is 1. The summed E-state index contributed by atoms with van der Waals surface area (Å²) >= 11 is 0. The van der Waals surface area contributed by atoms with Gasteiger partial charge in [-0.1, -0.05) is 36.4 Å². The second kappa shape index (κ2) is 11.5. The highest BCUT2D eigenvalue weighted by atomic mass is 16.5. The molecule has 0 spiro atoms. The van der Waals surface area contributed by atoms with Crippen molar-refractivity contribution in [2.75, 3.05) is 37.8 Å². The number of nitrogens with zero attached hydrogens (tertiary/aromatic N) is 1. The number of furan rings is 1.